The number of rotatable bonds is 4. The van der Waals surface area contributed by atoms with Crippen LogP contribution >= 0.6 is 0 Å². The lowest BCUT2D eigenvalue weighted by molar-refractivity contribution is 0.0590. The van der Waals surface area contributed by atoms with Crippen molar-refractivity contribution in [3.05, 3.63) is 36.2 Å². The monoisotopic (exact) mass is 258 g/mol. The largest absolute Gasteiger partial charge is 0.334 e. The zero-order chi connectivity index (χ0) is 13.2. The SMILES string of the molecule is NCCN(C(=O)c1cnn2ccccc12)C1CCC1. The molecule has 0 aliphatic heterocycles. The lowest BCUT2D eigenvalue weighted by Crippen LogP contribution is -2.46. The second-order valence-corrected chi connectivity index (χ2v) is 4.96. The smallest absolute Gasteiger partial charge is 0.257 e. The molecule has 1 amide bonds. The van der Waals surface area contributed by atoms with E-state index in [0.717, 1.165) is 18.4 Å². The number of nitrogens with zero attached hydrogens (tertiary/aromatic N) is 3. The van der Waals surface area contributed by atoms with Gasteiger partial charge in [0, 0.05) is 25.3 Å². The summed E-state index contributed by atoms with van der Waals surface area (Å²) in [5, 5.41) is 4.22. The van der Waals surface area contributed by atoms with E-state index in [1.165, 1.54) is 6.42 Å². The number of aromatic nitrogens is 2. The molecule has 0 bridgehead atoms. The molecule has 2 aromatic rings. The van der Waals surface area contributed by atoms with E-state index in [9.17, 15) is 4.79 Å². The van der Waals surface area contributed by atoms with Gasteiger partial charge < -0.3 is 10.6 Å². The molecule has 0 atom stereocenters. The summed E-state index contributed by atoms with van der Waals surface area (Å²) in [5.41, 5.74) is 7.16. The van der Waals surface area contributed by atoms with Crippen LogP contribution in [-0.2, 0) is 0 Å². The Morgan fingerprint density at radius 1 is 1.47 bits per heavy atom. The molecule has 2 N–H and O–H groups in total. The molecule has 19 heavy (non-hydrogen) atoms. The molecule has 1 aliphatic rings. The van der Waals surface area contributed by atoms with Gasteiger partial charge in [-0.3, -0.25) is 4.79 Å². The lowest BCUT2D eigenvalue weighted by Gasteiger charge is -2.37. The Hall–Kier alpha value is -1.88. The summed E-state index contributed by atoms with van der Waals surface area (Å²) >= 11 is 0. The first kappa shape index (κ1) is 12.2. The first-order valence-corrected chi connectivity index (χ1v) is 6.74. The molecular formula is C14H18N4O. The van der Waals surface area contributed by atoms with E-state index in [1.807, 2.05) is 29.3 Å². The molecule has 0 unspecified atom stereocenters. The molecule has 3 rings (SSSR count). The van der Waals surface area contributed by atoms with E-state index in [0.29, 0.717) is 24.7 Å². The van der Waals surface area contributed by atoms with Gasteiger partial charge in [-0.25, -0.2) is 4.52 Å². The molecule has 5 heteroatoms. The van der Waals surface area contributed by atoms with Gasteiger partial charge in [-0.2, -0.15) is 5.10 Å². The van der Waals surface area contributed by atoms with Crippen LogP contribution in [0.15, 0.2) is 30.6 Å². The molecule has 1 aliphatic carbocycles. The lowest BCUT2D eigenvalue weighted by atomic mass is 9.91. The van der Waals surface area contributed by atoms with Crippen LogP contribution in [0.3, 0.4) is 0 Å². The normalized spacial score (nSPS) is 15.4. The van der Waals surface area contributed by atoms with Crippen LogP contribution in [0.5, 0.6) is 0 Å². The minimum absolute atomic E-state index is 0.0522. The summed E-state index contributed by atoms with van der Waals surface area (Å²) < 4.78 is 1.73. The third kappa shape index (κ3) is 2.10. The van der Waals surface area contributed by atoms with Crippen LogP contribution in [0.25, 0.3) is 5.52 Å². The van der Waals surface area contributed by atoms with Crippen molar-refractivity contribution in [1.29, 1.82) is 0 Å². The molecule has 2 heterocycles. The number of hydrogen-bond donors (Lipinski definition) is 1. The Balaban J connectivity index is 1.92. The minimum Gasteiger partial charge on any atom is -0.334 e. The fourth-order valence-electron chi connectivity index (χ4n) is 2.54. The van der Waals surface area contributed by atoms with Gasteiger partial charge >= 0.3 is 0 Å². The summed E-state index contributed by atoms with van der Waals surface area (Å²) in [6, 6.07) is 6.10. The van der Waals surface area contributed by atoms with Crippen LogP contribution < -0.4 is 5.73 Å². The Bertz CT molecular complexity index is 588. The molecule has 5 nitrogen and oxygen atoms in total. The second kappa shape index (κ2) is 5.01. The van der Waals surface area contributed by atoms with Crippen molar-refractivity contribution in [2.45, 2.75) is 25.3 Å². The van der Waals surface area contributed by atoms with Gasteiger partial charge in [0.2, 0.25) is 0 Å². The van der Waals surface area contributed by atoms with Gasteiger partial charge in [-0.05, 0) is 31.4 Å². The highest BCUT2D eigenvalue weighted by Crippen LogP contribution is 2.26. The zero-order valence-corrected chi connectivity index (χ0v) is 10.8. The highest BCUT2D eigenvalue weighted by molar-refractivity contribution is 6.00. The van der Waals surface area contributed by atoms with Crippen LogP contribution in [0.4, 0.5) is 0 Å². The second-order valence-electron chi connectivity index (χ2n) is 4.96. The third-order valence-corrected chi connectivity index (χ3v) is 3.80. The van der Waals surface area contributed by atoms with Gasteiger partial charge in [-0.15, -0.1) is 0 Å². The van der Waals surface area contributed by atoms with Crippen LogP contribution in [0, 0.1) is 0 Å². The van der Waals surface area contributed by atoms with Gasteiger partial charge in [0.05, 0.1) is 17.3 Å². The van der Waals surface area contributed by atoms with Gasteiger partial charge in [0.25, 0.3) is 5.91 Å². The summed E-state index contributed by atoms with van der Waals surface area (Å²) in [4.78, 5) is 14.6. The summed E-state index contributed by atoms with van der Waals surface area (Å²) in [6.45, 7) is 1.12. The van der Waals surface area contributed by atoms with Gasteiger partial charge in [0.1, 0.15) is 0 Å². The summed E-state index contributed by atoms with van der Waals surface area (Å²) in [5.74, 6) is 0.0522. The molecule has 0 saturated heterocycles. The van der Waals surface area contributed by atoms with Crippen LogP contribution in [0.2, 0.25) is 0 Å². The van der Waals surface area contributed by atoms with E-state index >= 15 is 0 Å². The number of fused-ring (bicyclic) bond motifs is 1. The first-order chi connectivity index (χ1) is 9.31. The third-order valence-electron chi connectivity index (χ3n) is 3.80. The summed E-state index contributed by atoms with van der Waals surface area (Å²) in [6.07, 6.45) is 6.88. The van der Waals surface area contributed by atoms with E-state index < -0.39 is 0 Å². The zero-order valence-electron chi connectivity index (χ0n) is 10.8. The van der Waals surface area contributed by atoms with E-state index in [-0.39, 0.29) is 5.91 Å². The fourth-order valence-corrected chi connectivity index (χ4v) is 2.54. The maximum Gasteiger partial charge on any atom is 0.257 e. The summed E-state index contributed by atoms with van der Waals surface area (Å²) in [7, 11) is 0. The molecule has 0 aromatic carbocycles. The number of hydrogen-bond acceptors (Lipinski definition) is 3. The van der Waals surface area contributed by atoms with Gasteiger partial charge in [-0.1, -0.05) is 6.07 Å². The molecular weight excluding hydrogens is 240 g/mol. The topological polar surface area (TPSA) is 63.6 Å². The van der Waals surface area contributed by atoms with E-state index in [2.05, 4.69) is 5.10 Å². The van der Waals surface area contributed by atoms with Gasteiger partial charge in [0.15, 0.2) is 0 Å². The Morgan fingerprint density at radius 2 is 2.32 bits per heavy atom. The number of nitrogens with two attached hydrogens (primary N) is 1. The van der Waals surface area contributed by atoms with E-state index in [1.54, 1.807) is 10.7 Å². The Kier molecular flexibility index (Phi) is 3.21. The Morgan fingerprint density at radius 3 is 3.00 bits per heavy atom. The van der Waals surface area contributed by atoms with E-state index in [4.69, 9.17) is 5.73 Å². The minimum atomic E-state index is 0.0522. The van der Waals surface area contributed by atoms with Crippen molar-refractivity contribution in [1.82, 2.24) is 14.5 Å². The molecule has 2 aromatic heterocycles. The molecule has 0 spiro atoms. The van der Waals surface area contributed by atoms with Crippen LogP contribution in [0.1, 0.15) is 29.6 Å². The highest BCUT2D eigenvalue weighted by atomic mass is 16.2. The number of carbonyl (C=O) groups is 1. The standard InChI is InChI=1S/C14H18N4O/c15-7-9-17(11-4-3-5-11)14(19)12-10-16-18-8-2-1-6-13(12)18/h1-2,6,8,10-11H,3-5,7,9,15H2. The highest BCUT2D eigenvalue weighted by Gasteiger charge is 2.30. The molecule has 1 saturated carbocycles. The number of pyridine rings is 1. The first-order valence-electron chi connectivity index (χ1n) is 6.74. The molecule has 1 fully saturated rings. The van der Waals surface area contributed by atoms with Crippen molar-refractivity contribution in [3.63, 3.8) is 0 Å². The van der Waals surface area contributed by atoms with Crippen molar-refractivity contribution < 1.29 is 4.79 Å². The average Bonchev–Trinajstić information content (AvgIpc) is 2.79. The van der Waals surface area contributed by atoms with Crippen molar-refractivity contribution >= 4 is 11.4 Å². The fraction of sp³-hybridized carbons (Fsp3) is 0.429. The average molecular weight is 258 g/mol. The molecule has 100 valence electrons. The number of carbonyl (C=O) groups excluding carboxylic acids is 1. The predicted octanol–water partition coefficient (Wildman–Crippen LogP) is 1.29. The maximum absolute atomic E-state index is 12.7. The van der Waals surface area contributed by atoms with Crippen molar-refractivity contribution in [2.75, 3.05) is 13.1 Å². The van der Waals surface area contributed by atoms with Crippen molar-refractivity contribution in [3.8, 4) is 0 Å². The number of amides is 1. The molecule has 0 radical (unpaired) electrons. The van der Waals surface area contributed by atoms with Crippen molar-refractivity contribution in [2.24, 2.45) is 5.73 Å². The van der Waals surface area contributed by atoms with Crippen LogP contribution in [-0.4, -0.2) is 39.6 Å². The Labute approximate surface area is 112 Å². The predicted molar refractivity (Wildman–Crippen MR) is 72.9 cm³/mol. The maximum atomic E-state index is 12.7. The quantitative estimate of drug-likeness (QED) is 0.898.